The third-order valence-corrected chi connectivity index (χ3v) is 6.97. The summed E-state index contributed by atoms with van der Waals surface area (Å²) in [6.07, 6.45) is 7.90. The molecule has 0 aromatic carbocycles. The smallest absolute Gasteiger partial charge is 0.319 e. The van der Waals surface area contributed by atoms with Crippen LogP contribution < -0.4 is 5.73 Å². The van der Waals surface area contributed by atoms with Crippen LogP contribution in [0.3, 0.4) is 0 Å². The van der Waals surface area contributed by atoms with Gasteiger partial charge in [-0.1, -0.05) is 82.1 Å². The predicted octanol–water partition coefficient (Wildman–Crippen LogP) is 7.08. The Kier molecular flexibility index (Phi) is 17.4. The Hall–Kier alpha value is -1.46. The maximum Gasteiger partial charge on any atom is 0.319 e. The van der Waals surface area contributed by atoms with E-state index in [1.54, 1.807) is 9.80 Å². The molecule has 2 heterocycles. The normalized spacial score (nSPS) is 24.0. The molecular formula is C28H60N4O2. The molecule has 2 atom stereocenters. The van der Waals surface area contributed by atoms with Crippen LogP contribution in [-0.2, 0) is 0 Å². The maximum absolute atomic E-state index is 11.6. The van der Waals surface area contributed by atoms with E-state index in [1.165, 1.54) is 38.5 Å². The molecule has 2 aliphatic carbocycles. The van der Waals surface area contributed by atoms with Crippen molar-refractivity contribution in [3.8, 4) is 0 Å². The monoisotopic (exact) mass is 484 g/mol. The molecule has 4 aliphatic rings. The first-order valence-electron chi connectivity index (χ1n) is 14.1. The van der Waals surface area contributed by atoms with Gasteiger partial charge in [0.05, 0.1) is 0 Å². The minimum absolute atomic E-state index is 0.176. The second-order valence-electron chi connectivity index (χ2n) is 9.92. The second-order valence-corrected chi connectivity index (χ2v) is 9.92. The molecule has 2 spiro atoms. The molecule has 0 bridgehead atoms. The number of urea groups is 2. The highest BCUT2D eigenvalue weighted by Crippen LogP contribution is 2.48. The molecule has 4 amide bonds. The molecule has 204 valence electrons. The highest BCUT2D eigenvalue weighted by Gasteiger charge is 2.49. The van der Waals surface area contributed by atoms with Crippen LogP contribution in [0.5, 0.6) is 0 Å². The zero-order chi connectivity index (χ0) is 27.1. The summed E-state index contributed by atoms with van der Waals surface area (Å²) in [6.45, 7) is 24.4. The molecule has 0 radical (unpaired) electrons. The Morgan fingerprint density at radius 1 is 0.706 bits per heavy atom. The van der Waals surface area contributed by atoms with Gasteiger partial charge in [-0.2, -0.15) is 0 Å². The summed E-state index contributed by atoms with van der Waals surface area (Å²) in [4.78, 5) is 27.7. The van der Waals surface area contributed by atoms with Gasteiger partial charge in [-0.15, -0.1) is 0 Å². The van der Waals surface area contributed by atoms with E-state index in [2.05, 4.69) is 13.8 Å². The van der Waals surface area contributed by atoms with Crippen molar-refractivity contribution in [2.45, 2.75) is 108 Å². The van der Waals surface area contributed by atoms with Crippen LogP contribution >= 0.6 is 0 Å². The van der Waals surface area contributed by atoms with Gasteiger partial charge in [-0.3, -0.25) is 0 Å². The average molecular weight is 485 g/mol. The quantitative estimate of drug-likeness (QED) is 0.399. The summed E-state index contributed by atoms with van der Waals surface area (Å²) in [6, 6.07) is -0.0737. The van der Waals surface area contributed by atoms with Crippen LogP contribution in [0.4, 0.5) is 9.59 Å². The van der Waals surface area contributed by atoms with Crippen molar-refractivity contribution in [3.05, 3.63) is 0 Å². The summed E-state index contributed by atoms with van der Waals surface area (Å²) in [5.41, 5.74) is 6.14. The third kappa shape index (κ3) is 9.65. The zero-order valence-electron chi connectivity index (χ0n) is 25.0. The fourth-order valence-corrected chi connectivity index (χ4v) is 5.67. The van der Waals surface area contributed by atoms with E-state index in [1.807, 2.05) is 74.4 Å². The van der Waals surface area contributed by atoms with Gasteiger partial charge in [0.1, 0.15) is 0 Å². The lowest BCUT2D eigenvalue weighted by molar-refractivity contribution is 0.0243. The van der Waals surface area contributed by atoms with Crippen LogP contribution in [0.15, 0.2) is 0 Å². The molecule has 2 saturated heterocycles. The summed E-state index contributed by atoms with van der Waals surface area (Å²) >= 11 is 0. The number of nitrogens with two attached hydrogens (primary N) is 1. The molecular weight excluding hydrogens is 424 g/mol. The summed E-state index contributed by atoms with van der Waals surface area (Å²) in [5.74, 6) is 1.71. The number of primary amides is 1. The average Bonchev–Trinajstić information content (AvgIpc) is 3.40. The van der Waals surface area contributed by atoms with Gasteiger partial charge >= 0.3 is 12.1 Å². The predicted molar refractivity (Wildman–Crippen MR) is 148 cm³/mol. The Bertz CT molecular complexity index is 553. The van der Waals surface area contributed by atoms with E-state index in [0.717, 1.165) is 38.0 Å². The van der Waals surface area contributed by atoms with Gasteiger partial charge in [-0.05, 0) is 37.5 Å². The maximum atomic E-state index is 11.6. The molecule has 4 fully saturated rings. The second kappa shape index (κ2) is 17.0. The van der Waals surface area contributed by atoms with Crippen molar-refractivity contribution < 1.29 is 9.59 Å². The Morgan fingerprint density at radius 3 is 1.26 bits per heavy atom. The topological polar surface area (TPSA) is 69.9 Å². The number of carbonyl (C=O) groups excluding carboxylic acids is 2. The molecule has 2 aliphatic heterocycles. The van der Waals surface area contributed by atoms with Crippen LogP contribution in [0.1, 0.15) is 108 Å². The Morgan fingerprint density at radius 2 is 1.03 bits per heavy atom. The highest BCUT2D eigenvalue weighted by atomic mass is 16.2. The SMILES string of the molecule is CC.CC.CC.CC.CC1CCC2(C1)CN(C(=O)N(C)C)C2.CC1CCC2(C1)CN(C(N)=O)C2. The lowest BCUT2D eigenvalue weighted by Gasteiger charge is -2.49. The standard InChI is InChI=1S/C11H20N2O.C9H16N2O.4C2H6/c1-9-4-5-11(6-9)7-13(8-11)10(14)12(2)3;1-7-2-3-9(4-7)5-11(6-9)8(10)12;4*1-2/h9H,4-8H2,1-3H3;7H,2-6H2,1H3,(H2,10,12);4*1-2H3. The van der Waals surface area contributed by atoms with Gasteiger partial charge in [-0.25, -0.2) is 9.59 Å². The van der Waals surface area contributed by atoms with Crippen LogP contribution in [0, 0.1) is 22.7 Å². The van der Waals surface area contributed by atoms with Gasteiger partial charge in [0.2, 0.25) is 0 Å². The number of amides is 4. The zero-order valence-corrected chi connectivity index (χ0v) is 25.0. The number of hydrogen-bond donors (Lipinski definition) is 1. The number of nitrogens with zero attached hydrogens (tertiary/aromatic N) is 3. The molecule has 34 heavy (non-hydrogen) atoms. The van der Waals surface area contributed by atoms with E-state index in [4.69, 9.17) is 5.73 Å². The van der Waals surface area contributed by atoms with Gasteiger partial charge < -0.3 is 20.4 Å². The van der Waals surface area contributed by atoms with Crippen molar-refractivity contribution in [2.75, 3.05) is 40.3 Å². The van der Waals surface area contributed by atoms with E-state index in [0.29, 0.717) is 10.8 Å². The number of likely N-dealkylation sites (tertiary alicyclic amines) is 2. The minimum atomic E-state index is -0.250. The molecule has 6 nitrogen and oxygen atoms in total. The van der Waals surface area contributed by atoms with Crippen LogP contribution in [0.2, 0.25) is 0 Å². The van der Waals surface area contributed by atoms with Crippen molar-refractivity contribution in [3.63, 3.8) is 0 Å². The van der Waals surface area contributed by atoms with Gasteiger partial charge in [0.15, 0.2) is 0 Å². The van der Waals surface area contributed by atoms with E-state index in [-0.39, 0.29) is 12.1 Å². The first-order valence-corrected chi connectivity index (χ1v) is 14.1. The minimum Gasteiger partial charge on any atom is -0.351 e. The third-order valence-electron chi connectivity index (χ3n) is 6.97. The van der Waals surface area contributed by atoms with Crippen LogP contribution in [-0.4, -0.2) is 67.0 Å². The number of hydrogen-bond acceptors (Lipinski definition) is 2. The molecule has 0 aromatic heterocycles. The number of rotatable bonds is 0. The van der Waals surface area contributed by atoms with Crippen molar-refractivity contribution in [1.29, 1.82) is 0 Å². The van der Waals surface area contributed by atoms with Crippen molar-refractivity contribution >= 4 is 12.1 Å². The molecule has 6 heteroatoms. The molecule has 4 rings (SSSR count). The lowest BCUT2D eigenvalue weighted by Crippen LogP contribution is -2.59. The van der Waals surface area contributed by atoms with E-state index in [9.17, 15) is 9.59 Å². The molecule has 2 N–H and O–H groups in total. The Labute approximate surface area is 213 Å². The highest BCUT2D eigenvalue weighted by molar-refractivity contribution is 5.75. The van der Waals surface area contributed by atoms with Crippen molar-refractivity contribution in [1.82, 2.24) is 14.7 Å². The largest absolute Gasteiger partial charge is 0.351 e. The summed E-state index contributed by atoms with van der Waals surface area (Å²) in [5, 5.41) is 0. The number of carbonyl (C=O) groups is 2. The molecule has 0 aromatic rings. The first kappa shape index (κ1) is 34.7. The van der Waals surface area contributed by atoms with Gasteiger partial charge in [0.25, 0.3) is 0 Å². The first-order chi connectivity index (χ1) is 16.1. The summed E-state index contributed by atoms with van der Waals surface area (Å²) < 4.78 is 0. The van der Waals surface area contributed by atoms with Crippen LogP contribution in [0.25, 0.3) is 0 Å². The fourth-order valence-electron chi connectivity index (χ4n) is 5.67. The van der Waals surface area contributed by atoms with Gasteiger partial charge in [0, 0.05) is 51.1 Å². The van der Waals surface area contributed by atoms with E-state index >= 15 is 0 Å². The summed E-state index contributed by atoms with van der Waals surface area (Å²) in [7, 11) is 3.65. The Balaban J connectivity index is 0. The van der Waals surface area contributed by atoms with Crippen molar-refractivity contribution in [2.24, 2.45) is 28.4 Å². The fraction of sp³-hybridized carbons (Fsp3) is 0.929. The van der Waals surface area contributed by atoms with E-state index < -0.39 is 0 Å². The lowest BCUT2D eigenvalue weighted by atomic mass is 9.78. The molecule has 2 saturated carbocycles. The molecule has 2 unspecified atom stereocenters.